The lowest BCUT2D eigenvalue weighted by Gasteiger charge is -2.34. The predicted octanol–water partition coefficient (Wildman–Crippen LogP) is 3.04. The van der Waals surface area contributed by atoms with E-state index in [2.05, 4.69) is 17.1 Å². The second kappa shape index (κ2) is 7.90. The number of carbonyl (C=O) groups is 1. The average molecular weight is 325 g/mol. The molecular formula is C19H23N3O2. The van der Waals surface area contributed by atoms with E-state index in [1.54, 1.807) is 18.3 Å². The molecule has 5 nitrogen and oxygen atoms in total. The van der Waals surface area contributed by atoms with Crippen molar-refractivity contribution in [2.24, 2.45) is 0 Å². The van der Waals surface area contributed by atoms with Crippen LogP contribution < -0.4 is 4.74 Å². The van der Waals surface area contributed by atoms with E-state index in [9.17, 15) is 4.79 Å². The molecule has 1 saturated heterocycles. The van der Waals surface area contributed by atoms with Gasteiger partial charge in [0.2, 0.25) is 11.8 Å². The third-order valence-electron chi connectivity index (χ3n) is 4.43. The first-order chi connectivity index (χ1) is 11.8. The Bertz CT molecular complexity index is 648. The van der Waals surface area contributed by atoms with E-state index in [1.807, 2.05) is 35.2 Å². The minimum Gasteiger partial charge on any atom is -0.471 e. The van der Waals surface area contributed by atoms with Gasteiger partial charge in [-0.1, -0.05) is 37.3 Å². The highest BCUT2D eigenvalue weighted by molar-refractivity contribution is 5.83. The van der Waals surface area contributed by atoms with E-state index >= 15 is 0 Å². The maximum absolute atomic E-state index is 13.0. The molecule has 0 aliphatic carbocycles. The zero-order valence-electron chi connectivity index (χ0n) is 14.0. The highest BCUT2D eigenvalue weighted by Gasteiger charge is 2.29. The molecule has 2 heterocycles. The summed E-state index contributed by atoms with van der Waals surface area (Å²) in [6.07, 6.45) is 4.28. The van der Waals surface area contributed by atoms with Crippen LogP contribution in [0.1, 0.15) is 37.7 Å². The summed E-state index contributed by atoms with van der Waals surface area (Å²) in [7, 11) is 0. The fraction of sp³-hybridized carbons (Fsp3) is 0.421. The molecule has 1 aliphatic rings. The van der Waals surface area contributed by atoms with Crippen LogP contribution in [-0.2, 0) is 4.79 Å². The first kappa shape index (κ1) is 16.4. The first-order valence-corrected chi connectivity index (χ1v) is 8.56. The van der Waals surface area contributed by atoms with Crippen LogP contribution >= 0.6 is 0 Å². The zero-order valence-corrected chi connectivity index (χ0v) is 14.0. The molecule has 24 heavy (non-hydrogen) atoms. The van der Waals surface area contributed by atoms with Gasteiger partial charge < -0.3 is 9.64 Å². The van der Waals surface area contributed by atoms with Gasteiger partial charge in [-0.2, -0.15) is 5.10 Å². The van der Waals surface area contributed by atoms with E-state index in [0.29, 0.717) is 12.4 Å². The van der Waals surface area contributed by atoms with E-state index in [0.717, 1.165) is 31.4 Å². The highest BCUT2D eigenvalue weighted by Crippen LogP contribution is 2.25. The zero-order chi connectivity index (χ0) is 16.8. The molecule has 5 heteroatoms. The number of hydrogen-bond acceptors (Lipinski definition) is 4. The molecule has 1 aliphatic heterocycles. The molecule has 1 aromatic carbocycles. The third-order valence-corrected chi connectivity index (χ3v) is 4.43. The minimum atomic E-state index is -0.0820. The maximum atomic E-state index is 13.0. The molecule has 2 atom stereocenters. The lowest BCUT2D eigenvalue weighted by Crippen LogP contribution is -2.46. The molecule has 1 amide bonds. The van der Waals surface area contributed by atoms with Crippen LogP contribution in [0.15, 0.2) is 48.7 Å². The molecule has 0 N–H and O–H groups in total. The van der Waals surface area contributed by atoms with Gasteiger partial charge in [0, 0.05) is 18.8 Å². The number of nitrogens with zero attached hydrogens (tertiary/aromatic N) is 3. The quantitative estimate of drug-likeness (QED) is 0.848. The fourth-order valence-corrected chi connectivity index (χ4v) is 3.21. The van der Waals surface area contributed by atoms with Gasteiger partial charge in [-0.25, -0.2) is 0 Å². The van der Waals surface area contributed by atoms with Crippen molar-refractivity contribution in [3.05, 3.63) is 54.2 Å². The normalized spacial score (nSPS) is 18.9. The lowest BCUT2D eigenvalue weighted by molar-refractivity contribution is -0.135. The predicted molar refractivity (Wildman–Crippen MR) is 91.7 cm³/mol. The summed E-state index contributed by atoms with van der Waals surface area (Å²) in [6, 6.07) is 13.6. The summed E-state index contributed by atoms with van der Waals surface area (Å²) in [5.74, 6) is 0.629. The third kappa shape index (κ3) is 3.91. The molecule has 2 unspecified atom stereocenters. The molecule has 0 spiro atoms. The average Bonchev–Trinajstić information content (AvgIpc) is 2.64. The Morgan fingerprint density at radius 2 is 2.12 bits per heavy atom. The van der Waals surface area contributed by atoms with E-state index in [4.69, 9.17) is 4.74 Å². The van der Waals surface area contributed by atoms with Crippen LogP contribution in [0.5, 0.6) is 5.88 Å². The highest BCUT2D eigenvalue weighted by atomic mass is 16.5. The van der Waals surface area contributed by atoms with Crippen LogP contribution in [0.2, 0.25) is 0 Å². The Kier molecular flexibility index (Phi) is 5.41. The summed E-state index contributed by atoms with van der Waals surface area (Å²) >= 11 is 0. The SMILES string of the molecule is CCC(C(=O)N1CCCC(Oc2cccnn2)C1)c1ccccc1. The van der Waals surface area contributed by atoms with Gasteiger partial charge >= 0.3 is 0 Å². The van der Waals surface area contributed by atoms with Gasteiger partial charge in [0.1, 0.15) is 6.10 Å². The van der Waals surface area contributed by atoms with Crippen molar-refractivity contribution in [3.63, 3.8) is 0 Å². The molecule has 0 bridgehead atoms. The largest absolute Gasteiger partial charge is 0.471 e. The number of benzene rings is 1. The number of likely N-dealkylation sites (tertiary alicyclic amines) is 1. The molecule has 0 saturated carbocycles. The summed E-state index contributed by atoms with van der Waals surface area (Å²) < 4.78 is 5.89. The van der Waals surface area contributed by atoms with E-state index < -0.39 is 0 Å². The molecule has 2 aromatic rings. The molecule has 1 fully saturated rings. The topological polar surface area (TPSA) is 55.3 Å². The first-order valence-electron chi connectivity index (χ1n) is 8.56. The van der Waals surface area contributed by atoms with Gasteiger partial charge in [0.15, 0.2) is 0 Å². The Hall–Kier alpha value is -2.43. The smallest absolute Gasteiger partial charge is 0.233 e. The second-order valence-electron chi connectivity index (χ2n) is 6.10. The van der Waals surface area contributed by atoms with Gasteiger partial charge in [-0.05, 0) is 30.9 Å². The van der Waals surface area contributed by atoms with Crippen LogP contribution in [0.4, 0.5) is 0 Å². The number of ether oxygens (including phenoxy) is 1. The van der Waals surface area contributed by atoms with Crippen molar-refractivity contribution < 1.29 is 9.53 Å². The van der Waals surface area contributed by atoms with Crippen LogP contribution in [0.3, 0.4) is 0 Å². The summed E-state index contributed by atoms with van der Waals surface area (Å²) in [4.78, 5) is 14.9. The van der Waals surface area contributed by atoms with Crippen molar-refractivity contribution in [3.8, 4) is 5.88 Å². The Morgan fingerprint density at radius 1 is 1.29 bits per heavy atom. The Morgan fingerprint density at radius 3 is 2.83 bits per heavy atom. The van der Waals surface area contributed by atoms with Crippen molar-refractivity contribution in [1.82, 2.24) is 15.1 Å². The number of carbonyl (C=O) groups excluding carboxylic acids is 1. The monoisotopic (exact) mass is 325 g/mol. The molecule has 1 aromatic heterocycles. The number of aromatic nitrogens is 2. The van der Waals surface area contributed by atoms with Crippen LogP contribution in [0.25, 0.3) is 0 Å². The Labute approximate surface area is 142 Å². The van der Waals surface area contributed by atoms with Gasteiger partial charge in [0.25, 0.3) is 0 Å². The number of piperidine rings is 1. The summed E-state index contributed by atoms with van der Waals surface area (Å²) in [5.41, 5.74) is 1.09. The maximum Gasteiger partial charge on any atom is 0.233 e. The van der Waals surface area contributed by atoms with Crippen molar-refractivity contribution in [1.29, 1.82) is 0 Å². The molecule has 0 radical (unpaired) electrons. The summed E-state index contributed by atoms with van der Waals surface area (Å²) in [5, 5.41) is 7.80. The number of amides is 1. The van der Waals surface area contributed by atoms with Gasteiger partial charge in [0.05, 0.1) is 12.5 Å². The molecule has 3 rings (SSSR count). The van der Waals surface area contributed by atoms with Gasteiger partial charge in [-0.15, -0.1) is 5.10 Å². The van der Waals surface area contributed by atoms with Gasteiger partial charge in [-0.3, -0.25) is 4.79 Å². The number of rotatable bonds is 5. The van der Waals surface area contributed by atoms with Crippen molar-refractivity contribution in [2.45, 2.75) is 38.2 Å². The minimum absolute atomic E-state index is 0.0207. The van der Waals surface area contributed by atoms with Crippen molar-refractivity contribution in [2.75, 3.05) is 13.1 Å². The number of hydrogen-bond donors (Lipinski definition) is 0. The standard InChI is InChI=1S/C19H23N3O2/c1-2-17(15-8-4-3-5-9-15)19(23)22-13-7-10-16(14-22)24-18-11-6-12-20-21-18/h3-6,8-9,11-12,16-17H,2,7,10,13-14H2,1H3. The Balaban J connectivity index is 1.66. The van der Waals surface area contributed by atoms with Crippen molar-refractivity contribution >= 4 is 5.91 Å². The molecular weight excluding hydrogens is 302 g/mol. The second-order valence-corrected chi connectivity index (χ2v) is 6.10. The van der Waals surface area contributed by atoms with E-state index in [-0.39, 0.29) is 17.9 Å². The summed E-state index contributed by atoms with van der Waals surface area (Å²) in [6.45, 7) is 3.47. The van der Waals surface area contributed by atoms with E-state index in [1.165, 1.54) is 0 Å². The van der Waals surface area contributed by atoms with Crippen LogP contribution in [-0.4, -0.2) is 40.2 Å². The van der Waals surface area contributed by atoms with Crippen LogP contribution in [0, 0.1) is 0 Å². The lowest BCUT2D eigenvalue weighted by atomic mass is 9.94. The fourth-order valence-electron chi connectivity index (χ4n) is 3.21. The molecule has 126 valence electrons.